The van der Waals surface area contributed by atoms with Gasteiger partial charge in [-0.15, -0.1) is 0 Å². The highest BCUT2D eigenvalue weighted by atomic mass is 32.2. The first-order valence-corrected chi connectivity index (χ1v) is 12.4. The number of nitrogens with zero attached hydrogens (tertiary/aromatic N) is 2. The fraction of sp³-hybridized carbons (Fsp3) is 0.348. The van der Waals surface area contributed by atoms with Crippen LogP contribution in [0.3, 0.4) is 0 Å². The Labute approximate surface area is 198 Å². The molecule has 2 N–H and O–H groups in total. The van der Waals surface area contributed by atoms with Gasteiger partial charge in [0.1, 0.15) is 0 Å². The summed E-state index contributed by atoms with van der Waals surface area (Å²) in [4.78, 5) is 37.9. The molecule has 0 aliphatic carbocycles. The molecular formula is C23H28N4O6S. The van der Waals surface area contributed by atoms with E-state index in [4.69, 9.17) is 4.74 Å². The number of nitrogens with one attached hydrogen (secondary N) is 2. The molecule has 0 spiro atoms. The number of carbonyl (C=O) groups is 2. The second-order valence-corrected chi connectivity index (χ2v) is 9.41. The highest BCUT2D eigenvalue weighted by Crippen LogP contribution is 2.28. The van der Waals surface area contributed by atoms with E-state index in [1.165, 1.54) is 16.6 Å². The summed E-state index contributed by atoms with van der Waals surface area (Å²) in [5, 5.41) is 5.31. The van der Waals surface area contributed by atoms with Gasteiger partial charge in [-0.1, -0.05) is 44.2 Å². The predicted molar refractivity (Wildman–Crippen MR) is 125 cm³/mol. The van der Waals surface area contributed by atoms with Crippen LogP contribution in [-0.2, 0) is 26.1 Å². The Hall–Kier alpha value is -3.44. The van der Waals surface area contributed by atoms with Gasteiger partial charge >= 0.3 is 12.0 Å². The number of aromatic nitrogens is 1. The second kappa shape index (κ2) is 10.7. The smallest absolute Gasteiger partial charge is 0.338 e. The van der Waals surface area contributed by atoms with E-state index >= 15 is 0 Å². The number of urea groups is 1. The van der Waals surface area contributed by atoms with Crippen LogP contribution in [0.15, 0.2) is 69.6 Å². The fourth-order valence-electron chi connectivity index (χ4n) is 3.76. The Morgan fingerprint density at radius 3 is 2.35 bits per heavy atom. The molecule has 0 bridgehead atoms. The van der Waals surface area contributed by atoms with Crippen molar-refractivity contribution in [2.24, 2.45) is 0 Å². The van der Waals surface area contributed by atoms with Crippen LogP contribution in [0.4, 0.5) is 4.79 Å². The lowest BCUT2D eigenvalue weighted by atomic mass is 9.95. The van der Waals surface area contributed by atoms with Crippen LogP contribution in [-0.4, -0.2) is 49.0 Å². The number of rotatable bonds is 9. The molecule has 182 valence electrons. The summed E-state index contributed by atoms with van der Waals surface area (Å²) in [7, 11) is -3.82. The van der Waals surface area contributed by atoms with Crippen LogP contribution in [0.25, 0.3) is 0 Å². The molecule has 0 fully saturated rings. The van der Waals surface area contributed by atoms with Gasteiger partial charge in [0.05, 0.1) is 35.4 Å². The van der Waals surface area contributed by atoms with Crippen molar-refractivity contribution in [1.82, 2.24) is 19.5 Å². The van der Waals surface area contributed by atoms with E-state index in [0.29, 0.717) is 5.56 Å². The molecule has 0 unspecified atom stereocenters. The highest BCUT2D eigenvalue weighted by Gasteiger charge is 2.34. The standard InChI is InChI=1S/C23H28N4O6S/c1-4-27(5-2)34(31,32)17-12-13-19(28)26(14-17)15-18-20(22(29)33-6-3)21(25-23(30)24-18)16-10-8-7-9-11-16/h7-14,21H,4-6,15H2,1-3H3,(H2,24,25,30)/t21-/m0/s1. The van der Waals surface area contributed by atoms with E-state index < -0.39 is 33.6 Å². The molecule has 2 aromatic rings. The molecule has 1 aromatic heterocycles. The van der Waals surface area contributed by atoms with E-state index in [9.17, 15) is 22.8 Å². The normalized spacial score (nSPS) is 16.2. The van der Waals surface area contributed by atoms with Gasteiger partial charge in [0.15, 0.2) is 0 Å². The number of ether oxygens (including phenoxy) is 1. The van der Waals surface area contributed by atoms with Crippen molar-refractivity contribution in [3.05, 3.63) is 75.8 Å². The molecule has 10 nitrogen and oxygen atoms in total. The third-order valence-corrected chi connectivity index (χ3v) is 7.44. The Kier molecular flexibility index (Phi) is 7.90. The van der Waals surface area contributed by atoms with Crippen molar-refractivity contribution < 1.29 is 22.7 Å². The lowest BCUT2D eigenvalue weighted by Crippen LogP contribution is -2.47. The molecule has 0 saturated carbocycles. The van der Waals surface area contributed by atoms with Crippen LogP contribution in [0.2, 0.25) is 0 Å². The van der Waals surface area contributed by atoms with Crippen molar-refractivity contribution in [2.45, 2.75) is 38.3 Å². The SMILES string of the molecule is CCOC(=O)C1=C(Cn2cc(S(=O)(=O)N(CC)CC)ccc2=O)NC(=O)N[C@H]1c1ccccc1. The third-order valence-electron chi connectivity index (χ3n) is 5.41. The van der Waals surface area contributed by atoms with Gasteiger partial charge in [0.2, 0.25) is 10.0 Å². The van der Waals surface area contributed by atoms with Crippen LogP contribution >= 0.6 is 0 Å². The van der Waals surface area contributed by atoms with Gasteiger partial charge in [-0.05, 0) is 18.6 Å². The van der Waals surface area contributed by atoms with Crippen LogP contribution in [0.5, 0.6) is 0 Å². The third kappa shape index (κ3) is 5.20. The number of pyridine rings is 1. The minimum atomic E-state index is -3.82. The van der Waals surface area contributed by atoms with Crippen molar-refractivity contribution in [3.63, 3.8) is 0 Å². The van der Waals surface area contributed by atoms with Crippen LogP contribution < -0.4 is 16.2 Å². The average Bonchev–Trinajstić information content (AvgIpc) is 2.81. The summed E-state index contributed by atoms with van der Waals surface area (Å²) in [5.41, 5.74) is 0.452. The summed E-state index contributed by atoms with van der Waals surface area (Å²) < 4.78 is 33.5. The first-order chi connectivity index (χ1) is 16.2. The monoisotopic (exact) mass is 488 g/mol. The number of carbonyl (C=O) groups excluding carboxylic acids is 2. The van der Waals surface area contributed by atoms with E-state index in [1.807, 2.05) is 6.07 Å². The van der Waals surface area contributed by atoms with Crippen molar-refractivity contribution >= 4 is 22.0 Å². The Balaban J connectivity index is 2.12. The van der Waals surface area contributed by atoms with Gasteiger partial charge in [-0.2, -0.15) is 4.31 Å². The highest BCUT2D eigenvalue weighted by molar-refractivity contribution is 7.89. The molecule has 2 heterocycles. The summed E-state index contributed by atoms with van der Waals surface area (Å²) >= 11 is 0. The number of sulfonamides is 1. The number of esters is 1. The second-order valence-electron chi connectivity index (χ2n) is 7.48. The quantitative estimate of drug-likeness (QED) is 0.518. The number of hydrogen-bond acceptors (Lipinski definition) is 6. The Bertz CT molecular complexity index is 1250. The van der Waals surface area contributed by atoms with Crippen LogP contribution in [0.1, 0.15) is 32.4 Å². The lowest BCUT2D eigenvalue weighted by Gasteiger charge is -2.29. The molecular weight excluding hydrogens is 460 g/mol. The average molecular weight is 489 g/mol. The maximum Gasteiger partial charge on any atom is 0.338 e. The molecule has 2 amide bonds. The minimum Gasteiger partial charge on any atom is -0.463 e. The van der Waals surface area contributed by atoms with Gasteiger partial charge in [-0.3, -0.25) is 4.79 Å². The van der Waals surface area contributed by atoms with Crippen molar-refractivity contribution in [1.29, 1.82) is 0 Å². The summed E-state index contributed by atoms with van der Waals surface area (Å²) in [5.74, 6) is -0.654. The topological polar surface area (TPSA) is 127 Å². The first-order valence-electron chi connectivity index (χ1n) is 11.0. The fourth-order valence-corrected chi connectivity index (χ4v) is 5.23. The maximum atomic E-state index is 12.9. The predicted octanol–water partition coefficient (Wildman–Crippen LogP) is 1.75. The Morgan fingerprint density at radius 1 is 1.06 bits per heavy atom. The maximum absolute atomic E-state index is 12.9. The van der Waals surface area contributed by atoms with Gasteiger partial charge in [0.25, 0.3) is 5.56 Å². The molecule has 1 atom stereocenters. The zero-order valence-corrected chi connectivity index (χ0v) is 20.1. The lowest BCUT2D eigenvalue weighted by molar-refractivity contribution is -0.139. The van der Waals surface area contributed by atoms with Gasteiger partial charge in [0, 0.05) is 25.4 Å². The summed E-state index contributed by atoms with van der Waals surface area (Å²) in [6.45, 7) is 5.54. The molecule has 3 rings (SSSR count). The first kappa shape index (κ1) is 25.2. The van der Waals surface area contributed by atoms with E-state index in [-0.39, 0.29) is 42.4 Å². The molecule has 11 heteroatoms. The van der Waals surface area contributed by atoms with Crippen LogP contribution in [0, 0.1) is 0 Å². The van der Waals surface area contributed by atoms with Gasteiger partial charge in [-0.25, -0.2) is 18.0 Å². The van der Waals surface area contributed by atoms with E-state index in [1.54, 1.807) is 45.0 Å². The summed E-state index contributed by atoms with van der Waals surface area (Å²) in [6, 6.07) is 9.92. The number of amides is 2. The number of allylic oxidation sites excluding steroid dienone is 1. The van der Waals surface area contributed by atoms with E-state index in [0.717, 1.165) is 10.6 Å². The molecule has 1 aliphatic rings. The zero-order valence-electron chi connectivity index (χ0n) is 19.3. The summed E-state index contributed by atoms with van der Waals surface area (Å²) in [6.07, 6.45) is 1.22. The van der Waals surface area contributed by atoms with Crippen molar-refractivity contribution in [2.75, 3.05) is 19.7 Å². The zero-order chi connectivity index (χ0) is 24.9. The molecule has 0 radical (unpaired) electrons. The van der Waals surface area contributed by atoms with Gasteiger partial charge < -0.3 is 19.9 Å². The van der Waals surface area contributed by atoms with E-state index in [2.05, 4.69) is 10.6 Å². The molecule has 34 heavy (non-hydrogen) atoms. The minimum absolute atomic E-state index is 0.0612. The molecule has 1 aromatic carbocycles. The Morgan fingerprint density at radius 2 is 1.74 bits per heavy atom. The number of benzene rings is 1. The molecule has 1 aliphatic heterocycles. The molecule has 0 saturated heterocycles. The largest absolute Gasteiger partial charge is 0.463 e. The number of hydrogen-bond donors (Lipinski definition) is 2. The van der Waals surface area contributed by atoms with Crippen molar-refractivity contribution in [3.8, 4) is 0 Å².